The second-order valence-corrected chi connectivity index (χ2v) is 3.90. The van der Waals surface area contributed by atoms with Gasteiger partial charge in [0.1, 0.15) is 0 Å². The van der Waals surface area contributed by atoms with Gasteiger partial charge in [-0.05, 0) is 13.8 Å². The molecule has 0 aliphatic heterocycles. The van der Waals surface area contributed by atoms with Crippen molar-refractivity contribution < 1.29 is 4.39 Å². The van der Waals surface area contributed by atoms with Gasteiger partial charge in [-0.15, -0.1) is 0 Å². The van der Waals surface area contributed by atoms with Crippen molar-refractivity contribution in [3.8, 4) is 0 Å². The minimum Gasteiger partial charge on any atom is -0.378 e. The molecule has 17 heavy (non-hydrogen) atoms. The molecular weight excluding hydrogens is 221 g/mol. The number of hydrogen-bond acceptors (Lipinski definition) is 3. The Morgan fingerprint density at radius 2 is 2.12 bits per heavy atom. The number of nitrogens with zero attached hydrogens (tertiary/aromatic N) is 4. The van der Waals surface area contributed by atoms with Crippen LogP contribution >= 0.6 is 0 Å². The zero-order valence-electron chi connectivity index (χ0n) is 10.2. The van der Waals surface area contributed by atoms with Crippen LogP contribution in [0.25, 0.3) is 0 Å². The highest BCUT2D eigenvalue weighted by Crippen LogP contribution is 2.15. The van der Waals surface area contributed by atoms with E-state index in [1.165, 1.54) is 10.9 Å². The molecule has 0 saturated heterocycles. The summed E-state index contributed by atoms with van der Waals surface area (Å²) < 4.78 is 16.6. The van der Waals surface area contributed by atoms with E-state index in [4.69, 9.17) is 0 Å². The lowest BCUT2D eigenvalue weighted by atomic mass is 10.3. The molecule has 0 aromatic carbocycles. The summed E-state index contributed by atoms with van der Waals surface area (Å²) in [6, 6.07) is 0. The van der Waals surface area contributed by atoms with Gasteiger partial charge in [-0.2, -0.15) is 14.6 Å². The van der Waals surface area contributed by atoms with Crippen molar-refractivity contribution in [2.45, 2.75) is 26.9 Å². The summed E-state index contributed by atoms with van der Waals surface area (Å²) in [5.41, 5.74) is 2.53. The summed E-state index contributed by atoms with van der Waals surface area (Å²) in [5.74, 6) is -0.307. The van der Waals surface area contributed by atoms with E-state index in [0.29, 0.717) is 12.1 Å². The van der Waals surface area contributed by atoms with Crippen LogP contribution in [0.15, 0.2) is 12.4 Å². The Balaban J connectivity index is 2.07. The van der Waals surface area contributed by atoms with Crippen LogP contribution in [0.1, 0.15) is 18.2 Å². The first-order chi connectivity index (χ1) is 8.13. The molecule has 92 valence electrons. The molecule has 0 amide bonds. The molecule has 0 unspecified atom stereocenters. The fourth-order valence-electron chi connectivity index (χ4n) is 1.72. The van der Waals surface area contributed by atoms with Crippen LogP contribution in [0.4, 0.5) is 10.1 Å². The molecule has 0 spiro atoms. The van der Waals surface area contributed by atoms with Crippen LogP contribution in [0.2, 0.25) is 0 Å². The maximum absolute atomic E-state index is 13.5. The number of halogens is 1. The molecule has 0 bridgehead atoms. The minimum atomic E-state index is -0.307. The van der Waals surface area contributed by atoms with Gasteiger partial charge < -0.3 is 5.32 Å². The summed E-state index contributed by atoms with van der Waals surface area (Å²) in [7, 11) is 1.58. The Bertz CT molecular complexity index is 514. The number of aromatic nitrogens is 4. The van der Waals surface area contributed by atoms with Crippen LogP contribution in [0, 0.1) is 12.9 Å². The number of rotatable bonds is 4. The maximum atomic E-state index is 13.5. The van der Waals surface area contributed by atoms with E-state index in [9.17, 15) is 4.39 Å². The first kappa shape index (κ1) is 11.6. The Kier molecular flexibility index (Phi) is 3.12. The summed E-state index contributed by atoms with van der Waals surface area (Å²) in [5, 5.41) is 11.2. The molecule has 2 aromatic heterocycles. The third-order valence-electron chi connectivity index (χ3n) is 2.81. The summed E-state index contributed by atoms with van der Waals surface area (Å²) in [6.07, 6.45) is 3.29. The third kappa shape index (κ3) is 2.15. The van der Waals surface area contributed by atoms with E-state index in [2.05, 4.69) is 15.5 Å². The third-order valence-corrected chi connectivity index (χ3v) is 2.81. The molecule has 1 N–H and O–H groups in total. The summed E-state index contributed by atoms with van der Waals surface area (Å²) >= 11 is 0. The van der Waals surface area contributed by atoms with Gasteiger partial charge in [0.05, 0.1) is 23.8 Å². The molecule has 0 saturated carbocycles. The average molecular weight is 237 g/mol. The normalized spacial score (nSPS) is 10.8. The second-order valence-electron chi connectivity index (χ2n) is 3.90. The van der Waals surface area contributed by atoms with E-state index in [1.807, 2.05) is 18.5 Å². The highest BCUT2D eigenvalue weighted by atomic mass is 19.1. The van der Waals surface area contributed by atoms with Crippen molar-refractivity contribution in [1.82, 2.24) is 19.6 Å². The zero-order chi connectivity index (χ0) is 12.4. The fourth-order valence-corrected chi connectivity index (χ4v) is 1.72. The number of hydrogen-bond donors (Lipinski definition) is 1. The van der Waals surface area contributed by atoms with E-state index >= 15 is 0 Å². The summed E-state index contributed by atoms with van der Waals surface area (Å²) in [6.45, 7) is 5.26. The van der Waals surface area contributed by atoms with Crippen molar-refractivity contribution in [1.29, 1.82) is 0 Å². The molecule has 0 atom stereocenters. The average Bonchev–Trinajstić information content (AvgIpc) is 2.83. The lowest BCUT2D eigenvalue weighted by Gasteiger charge is -2.05. The lowest BCUT2D eigenvalue weighted by molar-refractivity contribution is 0.496. The predicted molar refractivity (Wildman–Crippen MR) is 63.1 cm³/mol. The van der Waals surface area contributed by atoms with E-state index in [1.54, 1.807) is 13.2 Å². The smallest absolute Gasteiger partial charge is 0.216 e. The quantitative estimate of drug-likeness (QED) is 0.880. The van der Waals surface area contributed by atoms with Crippen molar-refractivity contribution in [3.05, 3.63) is 29.6 Å². The Hall–Kier alpha value is -1.85. The Labute approximate surface area is 99.2 Å². The van der Waals surface area contributed by atoms with E-state index in [-0.39, 0.29) is 5.95 Å². The maximum Gasteiger partial charge on any atom is 0.216 e. The van der Waals surface area contributed by atoms with Gasteiger partial charge in [-0.3, -0.25) is 4.68 Å². The number of aryl methyl sites for hydroxylation is 2. The Morgan fingerprint density at radius 1 is 1.35 bits per heavy atom. The largest absolute Gasteiger partial charge is 0.378 e. The second kappa shape index (κ2) is 4.57. The van der Waals surface area contributed by atoms with Crippen LogP contribution in [-0.2, 0) is 20.1 Å². The Morgan fingerprint density at radius 3 is 2.65 bits per heavy atom. The zero-order valence-corrected chi connectivity index (χ0v) is 10.2. The van der Waals surface area contributed by atoms with Gasteiger partial charge in [0.15, 0.2) is 0 Å². The fraction of sp³-hybridized carbons (Fsp3) is 0.455. The van der Waals surface area contributed by atoms with Crippen molar-refractivity contribution in [3.63, 3.8) is 0 Å². The van der Waals surface area contributed by atoms with Gasteiger partial charge in [-0.25, -0.2) is 4.68 Å². The van der Waals surface area contributed by atoms with Crippen molar-refractivity contribution in [2.24, 2.45) is 7.05 Å². The topological polar surface area (TPSA) is 47.7 Å². The first-order valence-electron chi connectivity index (χ1n) is 5.56. The highest BCUT2D eigenvalue weighted by Gasteiger charge is 2.09. The molecule has 5 nitrogen and oxygen atoms in total. The van der Waals surface area contributed by atoms with Gasteiger partial charge in [0.25, 0.3) is 0 Å². The molecule has 0 aliphatic carbocycles. The molecule has 6 heteroatoms. The minimum absolute atomic E-state index is 0.307. The van der Waals surface area contributed by atoms with Gasteiger partial charge in [-0.1, -0.05) is 0 Å². The van der Waals surface area contributed by atoms with E-state index < -0.39 is 0 Å². The predicted octanol–water partition coefficient (Wildman–Crippen LogP) is 1.70. The van der Waals surface area contributed by atoms with Gasteiger partial charge in [0, 0.05) is 25.7 Å². The first-order valence-corrected chi connectivity index (χ1v) is 5.56. The highest BCUT2D eigenvalue weighted by molar-refractivity contribution is 5.46. The van der Waals surface area contributed by atoms with Crippen LogP contribution in [0.3, 0.4) is 0 Å². The van der Waals surface area contributed by atoms with Crippen molar-refractivity contribution >= 4 is 5.69 Å². The van der Waals surface area contributed by atoms with E-state index in [0.717, 1.165) is 17.9 Å². The molecule has 0 aliphatic rings. The SMILES string of the molecule is CCn1ncc(NCc2cnn(C)c2F)c1C. The standard InChI is InChI=1S/C11H16FN5/c1-4-17-8(2)10(7-15-17)13-5-9-6-14-16(3)11(9)12/h6-7,13H,4-5H2,1-3H3. The molecule has 2 rings (SSSR count). The number of anilines is 1. The van der Waals surface area contributed by atoms with Crippen LogP contribution in [-0.4, -0.2) is 19.6 Å². The lowest BCUT2D eigenvalue weighted by Crippen LogP contribution is -2.04. The van der Waals surface area contributed by atoms with Gasteiger partial charge >= 0.3 is 0 Å². The molecule has 2 heterocycles. The monoisotopic (exact) mass is 237 g/mol. The summed E-state index contributed by atoms with van der Waals surface area (Å²) in [4.78, 5) is 0. The van der Waals surface area contributed by atoms with Crippen LogP contribution in [0.5, 0.6) is 0 Å². The molecule has 0 radical (unpaired) electrons. The van der Waals surface area contributed by atoms with Crippen molar-refractivity contribution in [2.75, 3.05) is 5.32 Å². The molecule has 0 fully saturated rings. The molecular formula is C11H16FN5. The van der Waals surface area contributed by atoms with Crippen LogP contribution < -0.4 is 5.32 Å². The van der Waals surface area contributed by atoms with Gasteiger partial charge in [0.2, 0.25) is 5.95 Å². The molecule has 2 aromatic rings. The number of nitrogens with one attached hydrogen (secondary N) is 1.